The summed E-state index contributed by atoms with van der Waals surface area (Å²) in [6.07, 6.45) is 4.21. The highest BCUT2D eigenvalue weighted by molar-refractivity contribution is 7.80. The average molecular weight is 350 g/mol. The van der Waals surface area contributed by atoms with Crippen LogP contribution in [0, 0.1) is 0 Å². The number of benzene rings is 1. The van der Waals surface area contributed by atoms with E-state index in [1.807, 2.05) is 36.4 Å². The highest BCUT2D eigenvalue weighted by Crippen LogP contribution is 2.24. The quantitative estimate of drug-likeness (QED) is 0.797. The molecule has 0 bridgehead atoms. The second kappa shape index (κ2) is 7.81. The summed E-state index contributed by atoms with van der Waals surface area (Å²) < 4.78 is 5.61. The molecule has 1 aromatic heterocycles. The van der Waals surface area contributed by atoms with Crippen LogP contribution in [0.3, 0.4) is 0 Å². The van der Waals surface area contributed by atoms with Crippen molar-refractivity contribution in [2.75, 3.05) is 25.0 Å². The molecule has 4 nitrogen and oxygen atoms in total. The van der Waals surface area contributed by atoms with Crippen molar-refractivity contribution in [1.29, 1.82) is 0 Å². The van der Waals surface area contributed by atoms with Gasteiger partial charge in [0.25, 0.3) is 0 Å². The van der Waals surface area contributed by atoms with E-state index in [1.54, 1.807) is 6.26 Å². The van der Waals surface area contributed by atoms with E-state index in [-0.39, 0.29) is 6.04 Å². The molecule has 1 aliphatic heterocycles. The number of furan rings is 1. The van der Waals surface area contributed by atoms with Crippen molar-refractivity contribution in [2.45, 2.75) is 18.9 Å². The number of nitrogens with one attached hydrogen (secondary N) is 2. The SMILES string of the molecule is S=C(NC[C@H](c1ccco1)N1CCCC1)Nc1ccc(Cl)cc1. The summed E-state index contributed by atoms with van der Waals surface area (Å²) in [5, 5.41) is 7.78. The zero-order valence-electron chi connectivity index (χ0n) is 12.8. The Kier molecular flexibility index (Phi) is 5.54. The molecule has 2 aromatic rings. The fraction of sp³-hybridized carbons (Fsp3) is 0.353. The first-order chi connectivity index (χ1) is 11.2. The zero-order valence-corrected chi connectivity index (χ0v) is 14.4. The van der Waals surface area contributed by atoms with Gasteiger partial charge in [-0.3, -0.25) is 4.90 Å². The number of likely N-dealkylation sites (tertiary alicyclic amines) is 1. The third-order valence-corrected chi connectivity index (χ3v) is 4.51. The summed E-state index contributed by atoms with van der Waals surface area (Å²) in [4.78, 5) is 2.44. The fourth-order valence-electron chi connectivity index (χ4n) is 2.84. The van der Waals surface area contributed by atoms with E-state index in [4.69, 9.17) is 28.2 Å². The van der Waals surface area contributed by atoms with Crippen LogP contribution < -0.4 is 10.6 Å². The van der Waals surface area contributed by atoms with Gasteiger partial charge in [0.15, 0.2) is 5.11 Å². The van der Waals surface area contributed by atoms with Crippen molar-refractivity contribution in [2.24, 2.45) is 0 Å². The van der Waals surface area contributed by atoms with Crippen molar-refractivity contribution < 1.29 is 4.42 Å². The number of thiocarbonyl (C=S) groups is 1. The lowest BCUT2D eigenvalue weighted by Gasteiger charge is -2.26. The van der Waals surface area contributed by atoms with Crippen LogP contribution in [0.25, 0.3) is 0 Å². The molecule has 2 heterocycles. The average Bonchev–Trinajstić information content (AvgIpc) is 3.24. The molecular weight excluding hydrogens is 330 g/mol. The van der Waals surface area contributed by atoms with Crippen LogP contribution in [-0.4, -0.2) is 29.6 Å². The molecule has 23 heavy (non-hydrogen) atoms. The summed E-state index contributed by atoms with van der Waals surface area (Å²) in [7, 11) is 0. The molecule has 3 rings (SSSR count). The second-order valence-electron chi connectivity index (χ2n) is 5.62. The van der Waals surface area contributed by atoms with E-state index in [2.05, 4.69) is 15.5 Å². The monoisotopic (exact) mass is 349 g/mol. The van der Waals surface area contributed by atoms with Crippen molar-refractivity contribution in [3.8, 4) is 0 Å². The number of nitrogens with zero attached hydrogens (tertiary/aromatic N) is 1. The van der Waals surface area contributed by atoms with E-state index in [0.29, 0.717) is 16.7 Å². The van der Waals surface area contributed by atoms with Crippen LogP contribution in [0.4, 0.5) is 5.69 Å². The Morgan fingerprint density at radius 1 is 1.22 bits per heavy atom. The third kappa shape index (κ3) is 4.47. The summed E-state index contributed by atoms with van der Waals surface area (Å²) in [6, 6.07) is 11.6. The molecule has 6 heteroatoms. The predicted octanol–water partition coefficient (Wildman–Crippen LogP) is 4.06. The predicted molar refractivity (Wildman–Crippen MR) is 97.9 cm³/mol. The number of hydrogen-bond donors (Lipinski definition) is 2. The molecule has 1 aromatic carbocycles. The van der Waals surface area contributed by atoms with E-state index in [1.165, 1.54) is 12.8 Å². The highest BCUT2D eigenvalue weighted by Gasteiger charge is 2.25. The van der Waals surface area contributed by atoms with Gasteiger partial charge in [-0.2, -0.15) is 0 Å². The minimum Gasteiger partial charge on any atom is -0.468 e. The van der Waals surface area contributed by atoms with Crippen LogP contribution in [0.2, 0.25) is 5.02 Å². The minimum absolute atomic E-state index is 0.206. The molecule has 1 saturated heterocycles. The molecule has 0 radical (unpaired) electrons. The van der Waals surface area contributed by atoms with Gasteiger partial charge in [0.2, 0.25) is 0 Å². The van der Waals surface area contributed by atoms with Gasteiger partial charge in [-0.15, -0.1) is 0 Å². The van der Waals surface area contributed by atoms with Crippen LogP contribution in [0.5, 0.6) is 0 Å². The Bertz CT molecular complexity index is 624. The smallest absolute Gasteiger partial charge is 0.170 e. The maximum Gasteiger partial charge on any atom is 0.170 e. The zero-order chi connectivity index (χ0) is 16.1. The summed E-state index contributed by atoms with van der Waals surface area (Å²) in [5.74, 6) is 0.980. The maximum atomic E-state index is 5.89. The Hall–Kier alpha value is -1.56. The Labute approximate surface area is 146 Å². The van der Waals surface area contributed by atoms with Crippen LogP contribution in [0.15, 0.2) is 47.1 Å². The van der Waals surface area contributed by atoms with Crippen LogP contribution in [-0.2, 0) is 0 Å². The lowest BCUT2D eigenvalue weighted by Crippen LogP contribution is -2.38. The van der Waals surface area contributed by atoms with E-state index in [0.717, 1.165) is 24.5 Å². The van der Waals surface area contributed by atoms with E-state index < -0.39 is 0 Å². The molecule has 2 N–H and O–H groups in total. The first kappa shape index (κ1) is 16.3. The standard InChI is InChI=1S/C17H20ClN3OS/c18-13-5-7-14(8-6-13)20-17(23)19-12-15(16-4-3-11-22-16)21-9-1-2-10-21/h3-8,11,15H,1-2,9-10,12H2,(H2,19,20,23)/t15-/m1/s1. The van der Waals surface area contributed by atoms with Crippen molar-refractivity contribution >= 4 is 34.6 Å². The molecule has 0 aliphatic carbocycles. The largest absolute Gasteiger partial charge is 0.468 e. The fourth-order valence-corrected chi connectivity index (χ4v) is 3.17. The number of hydrogen-bond acceptors (Lipinski definition) is 3. The van der Waals surface area contributed by atoms with Gasteiger partial charge in [0.05, 0.1) is 12.3 Å². The minimum atomic E-state index is 0.206. The molecular formula is C17H20ClN3OS. The molecule has 0 amide bonds. The lowest BCUT2D eigenvalue weighted by molar-refractivity contribution is 0.216. The molecule has 1 aliphatic rings. The highest BCUT2D eigenvalue weighted by atomic mass is 35.5. The van der Waals surface area contributed by atoms with Crippen LogP contribution in [0.1, 0.15) is 24.6 Å². The summed E-state index contributed by atoms with van der Waals surface area (Å²) in [6.45, 7) is 2.92. The first-order valence-electron chi connectivity index (χ1n) is 7.80. The Morgan fingerprint density at radius 2 is 1.96 bits per heavy atom. The van der Waals surface area contributed by atoms with E-state index in [9.17, 15) is 0 Å². The molecule has 122 valence electrons. The van der Waals surface area contributed by atoms with Gasteiger partial charge in [0, 0.05) is 17.3 Å². The van der Waals surface area contributed by atoms with Crippen molar-refractivity contribution in [3.63, 3.8) is 0 Å². The maximum absolute atomic E-state index is 5.89. The third-order valence-electron chi connectivity index (χ3n) is 4.01. The van der Waals surface area contributed by atoms with Crippen LogP contribution >= 0.6 is 23.8 Å². The molecule has 1 atom stereocenters. The molecule has 0 saturated carbocycles. The topological polar surface area (TPSA) is 40.4 Å². The van der Waals surface area contributed by atoms with Gasteiger partial charge < -0.3 is 15.1 Å². The molecule has 1 fully saturated rings. The first-order valence-corrected chi connectivity index (χ1v) is 8.59. The van der Waals surface area contributed by atoms with Gasteiger partial charge in [-0.1, -0.05) is 11.6 Å². The van der Waals surface area contributed by atoms with Gasteiger partial charge in [-0.05, 0) is 74.5 Å². The normalized spacial score (nSPS) is 16.2. The summed E-state index contributed by atoms with van der Waals surface area (Å²) >= 11 is 11.3. The molecule has 0 spiro atoms. The van der Waals surface area contributed by atoms with E-state index >= 15 is 0 Å². The number of halogens is 1. The van der Waals surface area contributed by atoms with Gasteiger partial charge >= 0.3 is 0 Å². The Morgan fingerprint density at radius 3 is 2.61 bits per heavy atom. The van der Waals surface area contributed by atoms with Crippen molar-refractivity contribution in [1.82, 2.24) is 10.2 Å². The summed E-state index contributed by atoms with van der Waals surface area (Å²) in [5.41, 5.74) is 0.919. The van der Waals surface area contributed by atoms with Crippen molar-refractivity contribution in [3.05, 3.63) is 53.4 Å². The lowest BCUT2D eigenvalue weighted by atomic mass is 10.2. The van der Waals surface area contributed by atoms with Gasteiger partial charge in [-0.25, -0.2) is 0 Å². The number of anilines is 1. The Balaban J connectivity index is 1.57. The molecule has 0 unspecified atom stereocenters. The number of rotatable bonds is 5. The second-order valence-corrected chi connectivity index (χ2v) is 6.46. The van der Waals surface area contributed by atoms with Gasteiger partial charge in [0.1, 0.15) is 5.76 Å².